The molecule has 4 rings (SSSR count). The van der Waals surface area contributed by atoms with Crippen molar-refractivity contribution in [1.82, 2.24) is 15.4 Å². The summed E-state index contributed by atoms with van der Waals surface area (Å²) in [5.74, 6) is -1.78. The number of nitrogens with one attached hydrogen (secondary N) is 3. The van der Waals surface area contributed by atoms with Gasteiger partial charge in [0.25, 0.3) is 11.8 Å². The summed E-state index contributed by atoms with van der Waals surface area (Å²) < 4.78 is 13.3. The van der Waals surface area contributed by atoms with Crippen LogP contribution in [0.4, 0.5) is 10.1 Å². The minimum Gasteiger partial charge on any atom is -0.364 e. The van der Waals surface area contributed by atoms with Crippen molar-refractivity contribution in [2.75, 3.05) is 5.43 Å². The maximum absolute atomic E-state index is 13.3. The van der Waals surface area contributed by atoms with Gasteiger partial charge in [-0.05, 0) is 30.3 Å². The van der Waals surface area contributed by atoms with Crippen molar-refractivity contribution in [3.05, 3.63) is 71.8 Å². The molecule has 0 atom stereocenters. The fourth-order valence-electron chi connectivity index (χ4n) is 2.89. The van der Waals surface area contributed by atoms with Gasteiger partial charge in [0.1, 0.15) is 11.5 Å². The van der Waals surface area contributed by atoms with E-state index in [1.807, 2.05) is 24.3 Å². The first-order valence-corrected chi connectivity index (χ1v) is 8.06. The zero-order chi connectivity index (χ0) is 19.0. The van der Waals surface area contributed by atoms with Gasteiger partial charge in [-0.25, -0.2) is 9.37 Å². The number of carbonyl (C=O) groups is 2. The van der Waals surface area contributed by atoms with E-state index in [2.05, 4.69) is 20.8 Å². The number of nitrogens with two attached hydrogens (primary N) is 1. The lowest BCUT2D eigenvalue weighted by atomic mass is 10.1. The molecule has 0 aliphatic rings. The number of primary amides is 1. The molecular weight excluding hydrogens is 349 g/mol. The first-order chi connectivity index (χ1) is 13.0. The normalized spacial score (nSPS) is 10.9. The molecule has 0 radical (unpaired) electrons. The molecule has 0 saturated heterocycles. The van der Waals surface area contributed by atoms with Gasteiger partial charge >= 0.3 is 0 Å². The highest BCUT2D eigenvalue weighted by Gasteiger charge is 2.19. The lowest BCUT2D eigenvalue weighted by Crippen LogP contribution is -2.31. The third-order valence-corrected chi connectivity index (χ3v) is 4.11. The van der Waals surface area contributed by atoms with Crippen LogP contribution in [0, 0.1) is 5.82 Å². The van der Waals surface area contributed by atoms with Gasteiger partial charge in [-0.15, -0.1) is 0 Å². The summed E-state index contributed by atoms with van der Waals surface area (Å²) in [5, 5.41) is 1.50. The smallest absolute Gasteiger partial charge is 0.290 e. The molecule has 0 unspecified atom stereocenters. The predicted molar refractivity (Wildman–Crippen MR) is 99.6 cm³/mol. The van der Waals surface area contributed by atoms with Crippen LogP contribution in [0.25, 0.3) is 21.8 Å². The SMILES string of the molecule is NC(=O)c1cc2c([nH]c3ccccc32)c(C(=O)NNc2cccc(F)c2)n1. The fourth-order valence-corrected chi connectivity index (χ4v) is 2.89. The summed E-state index contributed by atoms with van der Waals surface area (Å²) in [4.78, 5) is 31.6. The van der Waals surface area contributed by atoms with E-state index in [-0.39, 0.29) is 11.4 Å². The van der Waals surface area contributed by atoms with Gasteiger partial charge in [-0.3, -0.25) is 20.4 Å². The molecular formula is C19H14FN5O2. The number of aromatic amines is 1. The molecule has 27 heavy (non-hydrogen) atoms. The number of pyridine rings is 1. The van der Waals surface area contributed by atoms with Crippen LogP contribution in [-0.2, 0) is 0 Å². The zero-order valence-corrected chi connectivity index (χ0v) is 13.9. The molecule has 2 amide bonds. The van der Waals surface area contributed by atoms with Gasteiger partial charge < -0.3 is 10.7 Å². The number of hydrazine groups is 1. The summed E-state index contributed by atoms with van der Waals surface area (Å²) in [6.07, 6.45) is 0. The highest BCUT2D eigenvalue weighted by atomic mass is 19.1. The quantitative estimate of drug-likeness (QED) is 0.418. The van der Waals surface area contributed by atoms with Crippen molar-refractivity contribution in [3.63, 3.8) is 0 Å². The van der Waals surface area contributed by atoms with E-state index in [4.69, 9.17) is 5.73 Å². The number of carbonyl (C=O) groups excluding carboxylic acids is 2. The molecule has 2 heterocycles. The van der Waals surface area contributed by atoms with Crippen LogP contribution in [0.15, 0.2) is 54.6 Å². The first-order valence-electron chi connectivity index (χ1n) is 8.06. The van der Waals surface area contributed by atoms with Gasteiger partial charge in [0.15, 0.2) is 5.69 Å². The van der Waals surface area contributed by atoms with Crippen LogP contribution in [-0.4, -0.2) is 21.8 Å². The third kappa shape index (κ3) is 3.04. The number of hydrogen-bond acceptors (Lipinski definition) is 4. The molecule has 0 bridgehead atoms. The molecule has 4 aromatic rings. The molecule has 7 nitrogen and oxygen atoms in total. The van der Waals surface area contributed by atoms with E-state index in [0.29, 0.717) is 16.6 Å². The van der Waals surface area contributed by atoms with Crippen LogP contribution in [0.2, 0.25) is 0 Å². The maximum atomic E-state index is 13.3. The second kappa shape index (κ2) is 6.41. The Bertz CT molecular complexity index is 1200. The topological polar surface area (TPSA) is 113 Å². The Kier molecular flexibility index (Phi) is 3.92. The number of H-pyrrole nitrogens is 1. The molecule has 134 valence electrons. The van der Waals surface area contributed by atoms with E-state index in [1.165, 1.54) is 18.2 Å². The first kappa shape index (κ1) is 16.5. The molecule has 0 spiro atoms. The number of nitrogens with zero attached hydrogens (tertiary/aromatic N) is 1. The minimum absolute atomic E-state index is 0.00130. The lowest BCUT2D eigenvalue weighted by molar-refractivity contribution is 0.0959. The fraction of sp³-hybridized carbons (Fsp3) is 0. The van der Waals surface area contributed by atoms with Crippen LogP contribution >= 0.6 is 0 Å². The van der Waals surface area contributed by atoms with Gasteiger partial charge in [0.05, 0.1) is 11.2 Å². The van der Waals surface area contributed by atoms with Crippen molar-refractivity contribution >= 4 is 39.3 Å². The Balaban J connectivity index is 1.77. The highest BCUT2D eigenvalue weighted by molar-refractivity contribution is 6.15. The summed E-state index contributed by atoms with van der Waals surface area (Å²) >= 11 is 0. The van der Waals surface area contributed by atoms with Gasteiger partial charge in [0.2, 0.25) is 0 Å². The number of amides is 2. The standard InChI is InChI=1S/C19H14FN5O2/c20-10-4-3-5-11(8-10)24-25-19(27)17-16-13(9-15(23-17)18(21)26)12-6-1-2-7-14(12)22-16/h1-9,22,24H,(H2,21,26)(H,25,27). The Hall–Kier alpha value is -3.94. The molecule has 2 aromatic heterocycles. The molecule has 0 aliphatic heterocycles. The number of aromatic nitrogens is 2. The number of hydrogen-bond donors (Lipinski definition) is 4. The number of anilines is 1. The zero-order valence-electron chi connectivity index (χ0n) is 13.9. The van der Waals surface area contributed by atoms with Crippen LogP contribution in [0.1, 0.15) is 21.0 Å². The van der Waals surface area contributed by atoms with Crippen molar-refractivity contribution in [2.24, 2.45) is 5.73 Å². The number of fused-ring (bicyclic) bond motifs is 3. The van der Waals surface area contributed by atoms with Crippen molar-refractivity contribution in [2.45, 2.75) is 0 Å². The Morgan fingerprint density at radius 2 is 1.85 bits per heavy atom. The Morgan fingerprint density at radius 1 is 1.04 bits per heavy atom. The largest absolute Gasteiger partial charge is 0.364 e. The van der Waals surface area contributed by atoms with Crippen molar-refractivity contribution in [3.8, 4) is 0 Å². The summed E-state index contributed by atoms with van der Waals surface area (Å²) in [7, 11) is 0. The number of rotatable bonds is 4. The van der Waals surface area contributed by atoms with Gasteiger partial charge in [0, 0.05) is 16.3 Å². The lowest BCUT2D eigenvalue weighted by Gasteiger charge is -2.09. The van der Waals surface area contributed by atoms with E-state index in [1.54, 1.807) is 12.1 Å². The van der Waals surface area contributed by atoms with E-state index >= 15 is 0 Å². The van der Waals surface area contributed by atoms with Crippen LogP contribution < -0.4 is 16.6 Å². The maximum Gasteiger partial charge on any atom is 0.290 e. The minimum atomic E-state index is -0.741. The Labute approximate surface area is 152 Å². The number of halogens is 1. The molecule has 0 fully saturated rings. The van der Waals surface area contributed by atoms with Crippen LogP contribution in [0.3, 0.4) is 0 Å². The summed E-state index contributed by atoms with van der Waals surface area (Å²) in [6, 6.07) is 14.6. The molecule has 0 saturated carbocycles. The predicted octanol–water partition coefficient (Wildman–Crippen LogP) is 2.71. The average Bonchev–Trinajstić information content (AvgIpc) is 3.04. The molecule has 8 heteroatoms. The second-order valence-corrected chi connectivity index (χ2v) is 5.90. The molecule has 2 aromatic carbocycles. The second-order valence-electron chi connectivity index (χ2n) is 5.90. The third-order valence-electron chi connectivity index (χ3n) is 4.11. The molecule has 5 N–H and O–H groups in total. The van der Waals surface area contributed by atoms with E-state index in [9.17, 15) is 14.0 Å². The van der Waals surface area contributed by atoms with Crippen molar-refractivity contribution in [1.29, 1.82) is 0 Å². The van der Waals surface area contributed by atoms with Crippen LogP contribution in [0.5, 0.6) is 0 Å². The summed E-state index contributed by atoms with van der Waals surface area (Å²) in [6.45, 7) is 0. The average molecular weight is 363 g/mol. The Morgan fingerprint density at radius 3 is 2.63 bits per heavy atom. The number of para-hydroxylation sites is 1. The summed E-state index contributed by atoms with van der Waals surface area (Å²) in [5.41, 5.74) is 12.0. The van der Waals surface area contributed by atoms with Crippen molar-refractivity contribution < 1.29 is 14.0 Å². The van der Waals surface area contributed by atoms with E-state index in [0.717, 1.165) is 10.9 Å². The molecule has 0 aliphatic carbocycles. The highest BCUT2D eigenvalue weighted by Crippen LogP contribution is 2.27. The van der Waals surface area contributed by atoms with Gasteiger partial charge in [-0.2, -0.15) is 0 Å². The van der Waals surface area contributed by atoms with E-state index < -0.39 is 17.6 Å². The number of benzene rings is 2. The monoisotopic (exact) mass is 363 g/mol. The van der Waals surface area contributed by atoms with Gasteiger partial charge in [-0.1, -0.05) is 24.3 Å².